The molecule has 2 aromatic heterocycles. The van der Waals surface area contributed by atoms with Crippen LogP contribution in [0.1, 0.15) is 38.3 Å². The van der Waals surface area contributed by atoms with Crippen LogP contribution in [0, 0.1) is 5.92 Å². The Labute approximate surface area is 132 Å². The first kappa shape index (κ1) is 14.9. The molecule has 1 aliphatic carbocycles. The SMILES string of the molecule is CC1CCC(CO)(NCc2cnc3cnc(Br)cn23)CC1. The Kier molecular flexibility index (Phi) is 4.28. The van der Waals surface area contributed by atoms with Crippen LogP contribution >= 0.6 is 15.9 Å². The number of nitrogens with zero attached hydrogens (tertiary/aromatic N) is 3. The largest absolute Gasteiger partial charge is 0.394 e. The fourth-order valence-corrected chi connectivity index (χ4v) is 3.34. The molecular weight excluding hydrogens is 332 g/mol. The average Bonchev–Trinajstić information content (AvgIpc) is 2.89. The Bertz CT molecular complexity index is 619. The number of hydrogen-bond acceptors (Lipinski definition) is 4. The average molecular weight is 353 g/mol. The van der Waals surface area contributed by atoms with Gasteiger partial charge in [-0.15, -0.1) is 0 Å². The minimum atomic E-state index is -0.138. The molecule has 0 atom stereocenters. The van der Waals surface area contributed by atoms with E-state index in [0.29, 0.717) is 6.54 Å². The van der Waals surface area contributed by atoms with Gasteiger partial charge in [0.2, 0.25) is 0 Å². The highest BCUT2D eigenvalue weighted by atomic mass is 79.9. The molecule has 2 heterocycles. The number of rotatable bonds is 4. The van der Waals surface area contributed by atoms with Gasteiger partial charge in [-0.1, -0.05) is 6.92 Å². The van der Waals surface area contributed by atoms with Crippen LogP contribution in [0.4, 0.5) is 0 Å². The van der Waals surface area contributed by atoms with E-state index < -0.39 is 0 Å². The number of aromatic nitrogens is 3. The van der Waals surface area contributed by atoms with Crippen molar-refractivity contribution in [1.82, 2.24) is 19.7 Å². The lowest BCUT2D eigenvalue weighted by Gasteiger charge is -2.39. The summed E-state index contributed by atoms with van der Waals surface area (Å²) in [5.41, 5.74) is 1.78. The molecule has 6 heteroatoms. The zero-order valence-electron chi connectivity index (χ0n) is 12.2. The Hall–Kier alpha value is -0.980. The number of nitrogens with one attached hydrogen (secondary N) is 1. The van der Waals surface area contributed by atoms with E-state index in [0.717, 1.165) is 34.7 Å². The molecular formula is C15H21BrN4O. The normalized spacial score (nSPS) is 26.3. The molecule has 0 radical (unpaired) electrons. The molecule has 0 saturated heterocycles. The Morgan fingerprint density at radius 3 is 2.86 bits per heavy atom. The fraction of sp³-hybridized carbons (Fsp3) is 0.600. The van der Waals surface area contributed by atoms with Crippen molar-refractivity contribution in [2.75, 3.05) is 6.61 Å². The van der Waals surface area contributed by atoms with Gasteiger partial charge in [0.05, 0.1) is 24.7 Å². The van der Waals surface area contributed by atoms with E-state index in [4.69, 9.17) is 0 Å². The number of fused-ring (bicyclic) bond motifs is 1. The van der Waals surface area contributed by atoms with E-state index in [9.17, 15) is 5.11 Å². The standard InChI is InChI=1S/C15H21BrN4O/c1-11-2-4-15(10-21,5-3-11)19-7-12-6-18-14-8-17-13(16)9-20(12)14/h6,8-9,11,19,21H,2-5,7,10H2,1H3. The van der Waals surface area contributed by atoms with Crippen LogP contribution in [0.25, 0.3) is 5.65 Å². The minimum Gasteiger partial charge on any atom is -0.394 e. The molecule has 21 heavy (non-hydrogen) atoms. The molecule has 0 aromatic carbocycles. The van der Waals surface area contributed by atoms with E-state index in [1.54, 1.807) is 6.20 Å². The van der Waals surface area contributed by atoms with Crippen molar-refractivity contribution < 1.29 is 5.11 Å². The van der Waals surface area contributed by atoms with Crippen molar-refractivity contribution in [3.05, 3.63) is 28.9 Å². The highest BCUT2D eigenvalue weighted by molar-refractivity contribution is 9.10. The van der Waals surface area contributed by atoms with Gasteiger partial charge < -0.3 is 10.4 Å². The molecule has 5 nitrogen and oxygen atoms in total. The lowest BCUT2D eigenvalue weighted by Crippen LogP contribution is -2.50. The second-order valence-electron chi connectivity index (χ2n) is 6.16. The van der Waals surface area contributed by atoms with Crippen LogP contribution in [0.5, 0.6) is 0 Å². The molecule has 3 rings (SSSR count). The van der Waals surface area contributed by atoms with Crippen LogP contribution in [-0.4, -0.2) is 31.6 Å². The topological polar surface area (TPSA) is 62.5 Å². The van der Waals surface area contributed by atoms with E-state index in [1.807, 2.05) is 16.8 Å². The summed E-state index contributed by atoms with van der Waals surface area (Å²) in [6, 6.07) is 0. The van der Waals surface area contributed by atoms with Gasteiger partial charge in [0.15, 0.2) is 5.65 Å². The molecule has 2 aromatic rings. The maximum Gasteiger partial charge on any atom is 0.155 e. The summed E-state index contributed by atoms with van der Waals surface area (Å²) in [4.78, 5) is 8.54. The Morgan fingerprint density at radius 2 is 2.14 bits per heavy atom. The number of imidazole rings is 1. The maximum atomic E-state index is 9.81. The van der Waals surface area contributed by atoms with Gasteiger partial charge in [0, 0.05) is 18.3 Å². The van der Waals surface area contributed by atoms with E-state index >= 15 is 0 Å². The van der Waals surface area contributed by atoms with Crippen LogP contribution in [0.3, 0.4) is 0 Å². The first-order chi connectivity index (χ1) is 10.1. The van der Waals surface area contributed by atoms with Gasteiger partial charge >= 0.3 is 0 Å². The van der Waals surface area contributed by atoms with Crippen molar-refractivity contribution in [2.24, 2.45) is 5.92 Å². The van der Waals surface area contributed by atoms with Crippen molar-refractivity contribution in [3.8, 4) is 0 Å². The number of aliphatic hydroxyl groups is 1. The monoisotopic (exact) mass is 352 g/mol. The lowest BCUT2D eigenvalue weighted by atomic mass is 9.77. The Balaban J connectivity index is 1.74. The third kappa shape index (κ3) is 3.12. The van der Waals surface area contributed by atoms with Crippen molar-refractivity contribution in [1.29, 1.82) is 0 Å². The number of aliphatic hydroxyl groups excluding tert-OH is 1. The van der Waals surface area contributed by atoms with Crippen LogP contribution in [-0.2, 0) is 6.54 Å². The predicted octanol–water partition coefficient (Wildman–Crippen LogP) is 2.52. The van der Waals surface area contributed by atoms with Gasteiger partial charge in [-0.2, -0.15) is 0 Å². The molecule has 114 valence electrons. The van der Waals surface area contributed by atoms with Crippen LogP contribution < -0.4 is 5.32 Å². The fourth-order valence-electron chi connectivity index (χ4n) is 3.03. The first-order valence-corrected chi connectivity index (χ1v) is 8.24. The van der Waals surface area contributed by atoms with Gasteiger partial charge in [0.1, 0.15) is 4.60 Å². The summed E-state index contributed by atoms with van der Waals surface area (Å²) < 4.78 is 2.82. The summed E-state index contributed by atoms with van der Waals surface area (Å²) in [5, 5.41) is 13.4. The van der Waals surface area contributed by atoms with Gasteiger partial charge in [0.25, 0.3) is 0 Å². The molecule has 1 aliphatic rings. The van der Waals surface area contributed by atoms with Crippen LogP contribution in [0.2, 0.25) is 0 Å². The van der Waals surface area contributed by atoms with E-state index in [2.05, 4.69) is 38.1 Å². The number of halogens is 1. The zero-order valence-corrected chi connectivity index (χ0v) is 13.8. The van der Waals surface area contributed by atoms with Crippen molar-refractivity contribution in [2.45, 2.75) is 44.7 Å². The van der Waals surface area contributed by atoms with Gasteiger partial charge in [-0.25, -0.2) is 9.97 Å². The van der Waals surface area contributed by atoms with Crippen molar-refractivity contribution in [3.63, 3.8) is 0 Å². The summed E-state index contributed by atoms with van der Waals surface area (Å²) in [7, 11) is 0. The highest BCUT2D eigenvalue weighted by Gasteiger charge is 2.33. The highest BCUT2D eigenvalue weighted by Crippen LogP contribution is 2.31. The summed E-state index contributed by atoms with van der Waals surface area (Å²) in [6.07, 6.45) is 9.96. The molecule has 0 aliphatic heterocycles. The zero-order chi connectivity index (χ0) is 14.9. The van der Waals surface area contributed by atoms with Gasteiger partial charge in [-0.3, -0.25) is 4.40 Å². The maximum absolute atomic E-state index is 9.81. The predicted molar refractivity (Wildman–Crippen MR) is 85.0 cm³/mol. The van der Waals surface area contributed by atoms with Crippen LogP contribution in [0.15, 0.2) is 23.2 Å². The second-order valence-corrected chi connectivity index (χ2v) is 6.97. The number of hydrogen-bond donors (Lipinski definition) is 2. The van der Waals surface area contributed by atoms with Crippen molar-refractivity contribution >= 4 is 21.6 Å². The third-order valence-corrected chi connectivity index (χ3v) is 5.03. The molecule has 0 amide bonds. The van der Waals surface area contributed by atoms with Gasteiger partial charge in [-0.05, 0) is 47.5 Å². The first-order valence-electron chi connectivity index (χ1n) is 7.45. The summed E-state index contributed by atoms with van der Waals surface area (Å²) >= 11 is 3.39. The third-order valence-electron chi connectivity index (χ3n) is 4.62. The summed E-state index contributed by atoms with van der Waals surface area (Å²) in [5.74, 6) is 0.768. The molecule has 0 bridgehead atoms. The minimum absolute atomic E-state index is 0.138. The molecule has 1 saturated carbocycles. The molecule has 1 fully saturated rings. The molecule has 0 unspecified atom stereocenters. The molecule has 2 N–H and O–H groups in total. The van der Waals surface area contributed by atoms with E-state index in [1.165, 1.54) is 12.8 Å². The Morgan fingerprint density at radius 1 is 1.38 bits per heavy atom. The smallest absolute Gasteiger partial charge is 0.155 e. The summed E-state index contributed by atoms with van der Waals surface area (Å²) in [6.45, 7) is 3.19. The second kappa shape index (κ2) is 6.02. The molecule has 0 spiro atoms. The quantitative estimate of drug-likeness (QED) is 0.887. The van der Waals surface area contributed by atoms with E-state index in [-0.39, 0.29) is 12.1 Å². The lowest BCUT2D eigenvalue weighted by molar-refractivity contribution is 0.104.